The van der Waals surface area contributed by atoms with Crippen LogP contribution in [0.25, 0.3) is 0 Å². The Kier molecular flexibility index (Phi) is 10.8. The average molecular weight is 527 g/mol. The quantitative estimate of drug-likeness (QED) is 0.303. The van der Waals surface area contributed by atoms with E-state index in [4.69, 9.17) is 11.6 Å². The number of carbonyl (C=O) groups excluding carboxylic acids is 2. The molecular formula is C29H32ClFN2O2S. The molecule has 0 saturated heterocycles. The van der Waals surface area contributed by atoms with Crippen molar-refractivity contribution in [3.8, 4) is 0 Å². The molecule has 0 unspecified atom stereocenters. The second-order valence-corrected chi connectivity index (χ2v) is 10.1. The highest BCUT2D eigenvalue weighted by Crippen LogP contribution is 2.25. The largest absolute Gasteiger partial charge is 0.352 e. The Morgan fingerprint density at radius 1 is 0.972 bits per heavy atom. The van der Waals surface area contributed by atoms with Crippen molar-refractivity contribution in [3.05, 3.63) is 106 Å². The van der Waals surface area contributed by atoms with Gasteiger partial charge in [-0.2, -0.15) is 0 Å². The van der Waals surface area contributed by atoms with Crippen LogP contribution in [0.15, 0.2) is 78.9 Å². The Bertz CT molecular complexity index is 1110. The molecule has 4 nitrogen and oxygen atoms in total. The van der Waals surface area contributed by atoms with Gasteiger partial charge in [0, 0.05) is 35.3 Å². The van der Waals surface area contributed by atoms with Gasteiger partial charge < -0.3 is 10.2 Å². The first-order chi connectivity index (χ1) is 17.4. The number of hydrogen-bond donors (Lipinski definition) is 1. The van der Waals surface area contributed by atoms with E-state index in [0.29, 0.717) is 23.6 Å². The molecule has 1 N–H and O–H groups in total. The molecule has 2 atom stereocenters. The average Bonchev–Trinajstić information content (AvgIpc) is 2.88. The summed E-state index contributed by atoms with van der Waals surface area (Å²) in [4.78, 5) is 28.7. The van der Waals surface area contributed by atoms with Crippen LogP contribution in [0, 0.1) is 5.82 Å². The zero-order chi connectivity index (χ0) is 25.9. The van der Waals surface area contributed by atoms with Gasteiger partial charge in [-0.1, -0.05) is 85.3 Å². The molecule has 0 aliphatic rings. The third kappa shape index (κ3) is 8.10. The van der Waals surface area contributed by atoms with Crippen molar-refractivity contribution in [1.82, 2.24) is 10.2 Å². The first kappa shape index (κ1) is 27.8. The van der Waals surface area contributed by atoms with E-state index in [-0.39, 0.29) is 29.4 Å². The Morgan fingerprint density at radius 2 is 1.61 bits per heavy atom. The number of rotatable bonds is 12. The number of halogens is 2. The maximum Gasteiger partial charge on any atom is 0.243 e. The molecule has 2 amide bonds. The van der Waals surface area contributed by atoms with E-state index >= 15 is 0 Å². The topological polar surface area (TPSA) is 49.4 Å². The van der Waals surface area contributed by atoms with Crippen LogP contribution in [0.3, 0.4) is 0 Å². The van der Waals surface area contributed by atoms with E-state index in [1.165, 1.54) is 17.8 Å². The van der Waals surface area contributed by atoms with E-state index < -0.39 is 11.9 Å². The summed E-state index contributed by atoms with van der Waals surface area (Å²) in [5, 5.41) is 3.40. The fourth-order valence-electron chi connectivity index (χ4n) is 3.77. The Balaban J connectivity index is 1.85. The molecule has 0 fully saturated rings. The first-order valence-electron chi connectivity index (χ1n) is 12.1. The molecule has 0 aliphatic heterocycles. The lowest BCUT2D eigenvalue weighted by Gasteiger charge is -2.32. The number of carbonyl (C=O) groups is 2. The summed E-state index contributed by atoms with van der Waals surface area (Å²) in [5.41, 5.74) is 2.28. The molecule has 0 aliphatic carbocycles. The summed E-state index contributed by atoms with van der Waals surface area (Å²) < 4.78 is 14.2. The van der Waals surface area contributed by atoms with Crippen LogP contribution >= 0.6 is 23.4 Å². The van der Waals surface area contributed by atoms with Gasteiger partial charge in [0.25, 0.3) is 0 Å². The highest BCUT2D eigenvalue weighted by atomic mass is 35.5. The summed E-state index contributed by atoms with van der Waals surface area (Å²) in [6.45, 7) is 4.26. The Hall–Kier alpha value is -2.83. The van der Waals surface area contributed by atoms with E-state index in [1.54, 1.807) is 17.0 Å². The van der Waals surface area contributed by atoms with Crippen molar-refractivity contribution >= 4 is 35.2 Å². The molecule has 0 heterocycles. The molecule has 3 aromatic rings. The lowest BCUT2D eigenvalue weighted by Crippen LogP contribution is -2.52. The normalized spacial score (nSPS) is 12.6. The van der Waals surface area contributed by atoms with Crippen molar-refractivity contribution < 1.29 is 14.0 Å². The minimum atomic E-state index is -0.688. The van der Waals surface area contributed by atoms with Gasteiger partial charge in [-0.3, -0.25) is 9.59 Å². The van der Waals surface area contributed by atoms with Gasteiger partial charge in [-0.25, -0.2) is 4.39 Å². The minimum Gasteiger partial charge on any atom is -0.352 e. The van der Waals surface area contributed by atoms with Crippen molar-refractivity contribution in [2.45, 2.75) is 51.1 Å². The highest BCUT2D eigenvalue weighted by Gasteiger charge is 2.31. The van der Waals surface area contributed by atoms with Gasteiger partial charge in [0.1, 0.15) is 11.9 Å². The second kappa shape index (κ2) is 14.0. The van der Waals surface area contributed by atoms with Gasteiger partial charge in [-0.05, 0) is 36.6 Å². The number of thioether (sulfide) groups is 1. The van der Waals surface area contributed by atoms with Crippen LogP contribution in [-0.2, 0) is 28.3 Å². The van der Waals surface area contributed by atoms with Crippen LogP contribution in [0.2, 0.25) is 5.02 Å². The third-order valence-electron chi connectivity index (χ3n) is 6.00. The van der Waals surface area contributed by atoms with Crippen LogP contribution in [0.5, 0.6) is 0 Å². The SMILES string of the molecule is CC[C@@H](C)NC(=O)[C@H](Cc1ccccc1)N(Cc1ccccc1)C(=O)CSCc1c(F)cccc1Cl. The van der Waals surface area contributed by atoms with Gasteiger partial charge in [0.15, 0.2) is 0 Å². The Labute approximate surface area is 222 Å². The first-order valence-corrected chi connectivity index (χ1v) is 13.6. The Morgan fingerprint density at radius 3 is 2.22 bits per heavy atom. The molecule has 190 valence electrons. The third-order valence-corrected chi connectivity index (χ3v) is 7.30. The molecule has 0 saturated carbocycles. The molecular weight excluding hydrogens is 495 g/mol. The van der Waals surface area contributed by atoms with Gasteiger partial charge >= 0.3 is 0 Å². The van der Waals surface area contributed by atoms with E-state index in [9.17, 15) is 14.0 Å². The van der Waals surface area contributed by atoms with Crippen LogP contribution in [0.4, 0.5) is 4.39 Å². The maximum absolute atomic E-state index is 14.2. The number of hydrogen-bond acceptors (Lipinski definition) is 3. The summed E-state index contributed by atoms with van der Waals surface area (Å²) in [6, 6.07) is 23.2. The molecule has 0 spiro atoms. The number of nitrogens with zero attached hydrogens (tertiary/aromatic N) is 1. The standard InChI is InChI=1S/C29H32ClFN2O2S/c1-3-21(2)32-29(35)27(17-22-11-6-4-7-12-22)33(18-23-13-8-5-9-14-23)28(34)20-36-19-24-25(30)15-10-16-26(24)31/h4-16,21,27H,3,17-20H2,1-2H3,(H,32,35)/t21-,27+/m1/s1. The van der Waals surface area contributed by atoms with Gasteiger partial charge in [0.2, 0.25) is 11.8 Å². The summed E-state index contributed by atoms with van der Waals surface area (Å²) in [6.07, 6.45) is 1.18. The zero-order valence-corrected chi connectivity index (χ0v) is 22.2. The summed E-state index contributed by atoms with van der Waals surface area (Å²) in [7, 11) is 0. The lowest BCUT2D eigenvalue weighted by atomic mass is 10.0. The van der Waals surface area contributed by atoms with E-state index in [1.807, 2.05) is 74.5 Å². The van der Waals surface area contributed by atoms with Crippen molar-refractivity contribution in [2.24, 2.45) is 0 Å². The molecule has 0 radical (unpaired) electrons. The van der Waals surface area contributed by atoms with Crippen LogP contribution in [-0.4, -0.2) is 34.6 Å². The summed E-state index contributed by atoms with van der Waals surface area (Å²) in [5.74, 6) is -0.396. The van der Waals surface area contributed by atoms with Crippen LogP contribution in [0.1, 0.15) is 37.0 Å². The van der Waals surface area contributed by atoms with Crippen molar-refractivity contribution in [2.75, 3.05) is 5.75 Å². The number of nitrogens with one attached hydrogen (secondary N) is 1. The van der Waals surface area contributed by atoms with Gasteiger partial charge in [0.05, 0.1) is 5.75 Å². The van der Waals surface area contributed by atoms with Gasteiger partial charge in [-0.15, -0.1) is 11.8 Å². The molecule has 3 aromatic carbocycles. The minimum absolute atomic E-state index is 0.0120. The van der Waals surface area contributed by atoms with E-state index in [2.05, 4.69) is 5.32 Å². The number of benzene rings is 3. The monoisotopic (exact) mass is 526 g/mol. The molecule has 3 rings (SSSR count). The molecule has 0 bridgehead atoms. The van der Waals surface area contributed by atoms with Crippen molar-refractivity contribution in [3.63, 3.8) is 0 Å². The van der Waals surface area contributed by atoms with Crippen LogP contribution < -0.4 is 5.32 Å². The second-order valence-electron chi connectivity index (χ2n) is 8.72. The molecule has 7 heteroatoms. The fourth-order valence-corrected chi connectivity index (χ4v) is 5.02. The van der Waals surface area contributed by atoms with E-state index in [0.717, 1.165) is 17.5 Å². The fraction of sp³-hybridized carbons (Fsp3) is 0.310. The smallest absolute Gasteiger partial charge is 0.243 e. The molecule has 36 heavy (non-hydrogen) atoms. The molecule has 0 aromatic heterocycles. The maximum atomic E-state index is 14.2. The lowest BCUT2D eigenvalue weighted by molar-refractivity contribution is -0.139. The highest BCUT2D eigenvalue weighted by molar-refractivity contribution is 7.99. The van der Waals surface area contributed by atoms with Crippen molar-refractivity contribution in [1.29, 1.82) is 0 Å². The predicted octanol–water partition coefficient (Wildman–Crippen LogP) is 6.27. The number of amides is 2. The zero-order valence-electron chi connectivity index (χ0n) is 20.6. The summed E-state index contributed by atoms with van der Waals surface area (Å²) >= 11 is 7.45. The predicted molar refractivity (Wildman–Crippen MR) is 146 cm³/mol.